The Labute approximate surface area is 80.4 Å². The molecule has 0 aliphatic carbocycles. The summed E-state index contributed by atoms with van der Waals surface area (Å²) >= 11 is 0. The Morgan fingerprint density at radius 1 is 1.54 bits per heavy atom. The van der Waals surface area contributed by atoms with E-state index in [1.165, 1.54) is 25.9 Å². The average molecular weight is 184 g/mol. The van der Waals surface area contributed by atoms with Crippen LogP contribution < -0.4 is 5.32 Å². The Bertz CT molecular complexity index is 166. The second-order valence-corrected chi connectivity index (χ2v) is 4.34. The molecule has 3 rings (SSSR count). The number of nitrogens with one attached hydrogen (secondary N) is 1. The van der Waals surface area contributed by atoms with Crippen LogP contribution in [0.25, 0.3) is 0 Å². The second-order valence-electron chi connectivity index (χ2n) is 4.34. The van der Waals surface area contributed by atoms with Crippen molar-refractivity contribution in [3.63, 3.8) is 0 Å². The Morgan fingerprint density at radius 2 is 2.38 bits per heavy atom. The van der Waals surface area contributed by atoms with Gasteiger partial charge in [-0.1, -0.05) is 0 Å². The van der Waals surface area contributed by atoms with E-state index in [1.807, 2.05) is 0 Å². The monoisotopic (exact) mass is 184 g/mol. The first-order chi connectivity index (χ1) is 6.29. The zero-order valence-corrected chi connectivity index (χ0v) is 8.62. The summed E-state index contributed by atoms with van der Waals surface area (Å²) in [5.74, 6) is 0. The molecule has 3 aliphatic rings. The minimum atomic E-state index is 0.374. The van der Waals surface area contributed by atoms with Gasteiger partial charge in [0.25, 0.3) is 0 Å². The van der Waals surface area contributed by atoms with Gasteiger partial charge in [-0.3, -0.25) is 4.90 Å². The molecule has 3 saturated heterocycles. The molecule has 1 N–H and O–H groups in total. The van der Waals surface area contributed by atoms with Gasteiger partial charge in [-0.15, -0.1) is 0 Å². The summed E-state index contributed by atoms with van der Waals surface area (Å²) in [5, 5.41) is 3.56. The molecule has 0 aromatic carbocycles. The normalized spacial score (nSPS) is 36.5. The third-order valence-electron chi connectivity index (χ3n) is 3.36. The van der Waals surface area contributed by atoms with Gasteiger partial charge in [-0.05, 0) is 19.8 Å². The van der Waals surface area contributed by atoms with E-state index in [9.17, 15) is 0 Å². The van der Waals surface area contributed by atoms with Gasteiger partial charge < -0.3 is 10.1 Å². The summed E-state index contributed by atoms with van der Waals surface area (Å²) in [6, 6.07) is 1.51. The second kappa shape index (κ2) is 3.95. The molecule has 13 heavy (non-hydrogen) atoms. The molecule has 3 unspecified atom stereocenters. The van der Waals surface area contributed by atoms with E-state index in [2.05, 4.69) is 17.1 Å². The number of hydrogen-bond acceptors (Lipinski definition) is 3. The molecule has 0 amide bonds. The lowest BCUT2D eigenvalue weighted by Gasteiger charge is -2.46. The molecular weight excluding hydrogens is 164 g/mol. The predicted octanol–water partition coefficient (Wildman–Crippen LogP) is 0.457. The van der Waals surface area contributed by atoms with Crippen molar-refractivity contribution in [1.29, 1.82) is 0 Å². The fourth-order valence-corrected chi connectivity index (χ4v) is 2.43. The number of piperidine rings is 2. The standard InChI is InChI=1S/C10H20N2O/c1-8(13-2)6-12-7-9-3-4-10(12)5-11-9/h8-11H,3-7H2,1-2H3. The van der Waals surface area contributed by atoms with E-state index in [-0.39, 0.29) is 0 Å². The highest BCUT2D eigenvalue weighted by molar-refractivity contribution is 4.92. The summed E-state index contributed by atoms with van der Waals surface area (Å²) < 4.78 is 5.30. The average Bonchev–Trinajstić information content (AvgIpc) is 2.19. The minimum absolute atomic E-state index is 0.374. The Kier molecular flexibility index (Phi) is 2.86. The molecule has 76 valence electrons. The van der Waals surface area contributed by atoms with Crippen LogP contribution in [0, 0.1) is 0 Å². The zero-order chi connectivity index (χ0) is 9.26. The Hall–Kier alpha value is -0.120. The van der Waals surface area contributed by atoms with Gasteiger partial charge in [0.05, 0.1) is 6.10 Å². The molecule has 0 aromatic heterocycles. The molecule has 3 heteroatoms. The van der Waals surface area contributed by atoms with Crippen LogP contribution in [0.2, 0.25) is 0 Å². The van der Waals surface area contributed by atoms with Gasteiger partial charge in [0, 0.05) is 38.8 Å². The van der Waals surface area contributed by atoms with Crippen molar-refractivity contribution < 1.29 is 4.74 Å². The van der Waals surface area contributed by atoms with Crippen LogP contribution in [-0.2, 0) is 4.74 Å². The third kappa shape index (κ3) is 2.03. The van der Waals surface area contributed by atoms with Crippen LogP contribution in [0.1, 0.15) is 19.8 Å². The summed E-state index contributed by atoms with van der Waals surface area (Å²) in [4.78, 5) is 2.58. The molecule has 0 spiro atoms. The van der Waals surface area contributed by atoms with E-state index in [0.717, 1.165) is 18.6 Å². The van der Waals surface area contributed by atoms with Crippen LogP contribution in [0.15, 0.2) is 0 Å². The van der Waals surface area contributed by atoms with E-state index in [1.54, 1.807) is 7.11 Å². The molecule has 3 fully saturated rings. The number of rotatable bonds is 3. The first kappa shape index (κ1) is 9.44. The summed E-state index contributed by atoms with van der Waals surface area (Å²) in [5.41, 5.74) is 0. The van der Waals surface area contributed by atoms with E-state index in [4.69, 9.17) is 4.74 Å². The van der Waals surface area contributed by atoms with Crippen molar-refractivity contribution >= 4 is 0 Å². The summed E-state index contributed by atoms with van der Waals surface area (Å²) in [6.45, 7) is 5.65. The Morgan fingerprint density at radius 3 is 2.85 bits per heavy atom. The van der Waals surface area contributed by atoms with Crippen molar-refractivity contribution in [2.45, 2.75) is 38.0 Å². The SMILES string of the molecule is COC(C)CN1CC2CCC1CN2. The third-order valence-corrected chi connectivity index (χ3v) is 3.36. The van der Waals surface area contributed by atoms with Crippen molar-refractivity contribution in [2.24, 2.45) is 0 Å². The number of fused-ring (bicyclic) bond motifs is 3. The van der Waals surface area contributed by atoms with Gasteiger partial charge in [0.15, 0.2) is 0 Å². The topological polar surface area (TPSA) is 24.5 Å². The van der Waals surface area contributed by atoms with E-state index < -0.39 is 0 Å². The Balaban J connectivity index is 1.86. The molecule has 2 bridgehead atoms. The van der Waals surface area contributed by atoms with Gasteiger partial charge in [-0.2, -0.15) is 0 Å². The van der Waals surface area contributed by atoms with E-state index >= 15 is 0 Å². The number of methoxy groups -OCH3 is 1. The first-order valence-electron chi connectivity index (χ1n) is 5.30. The first-order valence-corrected chi connectivity index (χ1v) is 5.30. The molecule has 3 atom stereocenters. The molecule has 3 aliphatic heterocycles. The lowest BCUT2D eigenvalue weighted by atomic mass is 9.93. The molecule has 0 aromatic rings. The smallest absolute Gasteiger partial charge is 0.0670 e. The number of piperazine rings is 1. The highest BCUT2D eigenvalue weighted by atomic mass is 16.5. The maximum absolute atomic E-state index is 5.30. The molecule has 3 heterocycles. The van der Waals surface area contributed by atoms with Crippen LogP contribution in [-0.4, -0.2) is 49.8 Å². The largest absolute Gasteiger partial charge is 0.380 e. The highest BCUT2D eigenvalue weighted by Gasteiger charge is 2.33. The van der Waals surface area contributed by atoms with E-state index in [0.29, 0.717) is 6.10 Å². The van der Waals surface area contributed by atoms with Gasteiger partial charge in [0.2, 0.25) is 0 Å². The van der Waals surface area contributed by atoms with Crippen LogP contribution in [0.4, 0.5) is 0 Å². The number of ether oxygens (including phenoxy) is 1. The fourth-order valence-electron chi connectivity index (χ4n) is 2.43. The summed E-state index contributed by atoms with van der Waals surface area (Å²) in [6.07, 6.45) is 3.11. The van der Waals surface area contributed by atoms with Crippen molar-refractivity contribution in [3.8, 4) is 0 Å². The highest BCUT2D eigenvalue weighted by Crippen LogP contribution is 2.22. The lowest BCUT2D eigenvalue weighted by Crippen LogP contribution is -2.61. The van der Waals surface area contributed by atoms with Gasteiger partial charge in [-0.25, -0.2) is 0 Å². The van der Waals surface area contributed by atoms with Crippen LogP contribution >= 0.6 is 0 Å². The molecule has 0 saturated carbocycles. The lowest BCUT2D eigenvalue weighted by molar-refractivity contribution is 0.0174. The van der Waals surface area contributed by atoms with Crippen LogP contribution in [0.5, 0.6) is 0 Å². The number of hydrogen-bond donors (Lipinski definition) is 1. The quantitative estimate of drug-likeness (QED) is 0.689. The van der Waals surface area contributed by atoms with Gasteiger partial charge >= 0.3 is 0 Å². The minimum Gasteiger partial charge on any atom is -0.380 e. The molecular formula is C10H20N2O. The van der Waals surface area contributed by atoms with Crippen LogP contribution in [0.3, 0.4) is 0 Å². The molecule has 0 radical (unpaired) electrons. The maximum atomic E-state index is 5.30. The fraction of sp³-hybridized carbons (Fsp3) is 1.00. The van der Waals surface area contributed by atoms with Crippen molar-refractivity contribution in [1.82, 2.24) is 10.2 Å². The molecule has 3 nitrogen and oxygen atoms in total. The maximum Gasteiger partial charge on any atom is 0.0670 e. The summed E-state index contributed by atoms with van der Waals surface area (Å²) in [7, 11) is 1.80. The van der Waals surface area contributed by atoms with Crippen molar-refractivity contribution in [3.05, 3.63) is 0 Å². The number of nitrogens with zero attached hydrogens (tertiary/aromatic N) is 1. The van der Waals surface area contributed by atoms with Gasteiger partial charge in [0.1, 0.15) is 0 Å². The zero-order valence-electron chi connectivity index (χ0n) is 8.62. The predicted molar refractivity (Wildman–Crippen MR) is 52.9 cm³/mol. The van der Waals surface area contributed by atoms with Crippen molar-refractivity contribution in [2.75, 3.05) is 26.7 Å².